The van der Waals surface area contributed by atoms with E-state index in [0.717, 1.165) is 5.52 Å². The highest BCUT2D eigenvalue weighted by atomic mass is 15.1. The minimum absolute atomic E-state index is 0.516. The van der Waals surface area contributed by atoms with E-state index in [1.165, 1.54) is 49.6 Å². The van der Waals surface area contributed by atoms with Crippen LogP contribution in [0.1, 0.15) is 52.4 Å². The van der Waals surface area contributed by atoms with Crippen molar-refractivity contribution in [3.8, 4) is 0 Å². The van der Waals surface area contributed by atoms with Gasteiger partial charge in [-0.2, -0.15) is 5.10 Å². The quantitative estimate of drug-likeness (QED) is 0.673. The molecule has 0 fully saturated rings. The van der Waals surface area contributed by atoms with Crippen molar-refractivity contribution in [1.29, 1.82) is 0 Å². The minimum Gasteiger partial charge on any atom is -0.382 e. The summed E-state index contributed by atoms with van der Waals surface area (Å²) in [6, 6.07) is 6.77. The number of nitrogens with zero attached hydrogens (tertiary/aromatic N) is 1. The minimum atomic E-state index is 0.516. The molecular weight excluding hydrogens is 234 g/mol. The van der Waals surface area contributed by atoms with Crippen LogP contribution >= 0.6 is 0 Å². The van der Waals surface area contributed by atoms with E-state index in [-0.39, 0.29) is 0 Å². The van der Waals surface area contributed by atoms with Gasteiger partial charge in [-0.15, -0.1) is 0 Å². The molecule has 1 aromatic carbocycles. The normalized spacial score (nSPS) is 12.7. The average Bonchev–Trinajstić information content (AvgIpc) is 2.88. The maximum Gasteiger partial charge on any atom is 0.0671 e. The van der Waals surface area contributed by atoms with Crippen molar-refractivity contribution in [3.05, 3.63) is 24.4 Å². The molecule has 2 aromatic rings. The number of fused-ring (bicyclic) bond motifs is 1. The Bertz CT molecular complexity index is 489. The molecule has 0 spiro atoms. The highest BCUT2D eigenvalue weighted by Crippen LogP contribution is 2.22. The number of benzene rings is 1. The number of aromatic nitrogens is 2. The van der Waals surface area contributed by atoms with Crippen LogP contribution in [0.25, 0.3) is 10.9 Å². The number of hydrogen-bond acceptors (Lipinski definition) is 2. The van der Waals surface area contributed by atoms with E-state index in [2.05, 4.69) is 47.6 Å². The molecule has 2 N–H and O–H groups in total. The second kappa shape index (κ2) is 7.17. The molecule has 1 unspecified atom stereocenters. The third-order valence-electron chi connectivity index (χ3n) is 3.63. The molecule has 3 heteroatoms. The second-order valence-electron chi connectivity index (χ2n) is 5.39. The molecule has 104 valence electrons. The second-order valence-corrected chi connectivity index (χ2v) is 5.39. The van der Waals surface area contributed by atoms with Crippen molar-refractivity contribution >= 4 is 16.6 Å². The van der Waals surface area contributed by atoms with Crippen LogP contribution in [0.5, 0.6) is 0 Å². The van der Waals surface area contributed by atoms with Gasteiger partial charge in [-0.1, -0.05) is 45.1 Å². The smallest absolute Gasteiger partial charge is 0.0671 e. The molecular formula is C16H25N3. The Labute approximate surface area is 115 Å². The summed E-state index contributed by atoms with van der Waals surface area (Å²) in [5.41, 5.74) is 2.28. The summed E-state index contributed by atoms with van der Waals surface area (Å²) in [6.07, 6.45) is 9.86. The van der Waals surface area contributed by atoms with Crippen LogP contribution < -0.4 is 5.32 Å². The van der Waals surface area contributed by atoms with Crippen LogP contribution in [0.4, 0.5) is 5.69 Å². The van der Waals surface area contributed by atoms with Crippen LogP contribution in [-0.4, -0.2) is 16.2 Å². The average molecular weight is 259 g/mol. The van der Waals surface area contributed by atoms with E-state index in [1.54, 1.807) is 0 Å². The molecule has 0 bridgehead atoms. The molecule has 1 atom stereocenters. The number of unbranched alkanes of at least 4 members (excludes halogenated alkanes) is 4. The summed E-state index contributed by atoms with van der Waals surface area (Å²) in [5.74, 6) is 0. The molecule has 3 nitrogen and oxygen atoms in total. The standard InChI is InChI=1S/C16H25N3/c1-3-4-5-6-7-9-13(2)18-15-10-8-11-16-14(15)12-17-19-16/h8,10-13,18H,3-7,9H2,1-2H3,(H,17,19). The van der Waals surface area contributed by atoms with Crippen molar-refractivity contribution < 1.29 is 0 Å². The van der Waals surface area contributed by atoms with Gasteiger partial charge in [-0.3, -0.25) is 5.10 Å². The fourth-order valence-electron chi connectivity index (χ4n) is 2.49. The van der Waals surface area contributed by atoms with Gasteiger partial charge in [0.05, 0.1) is 11.7 Å². The first kappa shape index (κ1) is 13.9. The first-order chi connectivity index (χ1) is 9.31. The summed E-state index contributed by atoms with van der Waals surface area (Å²) in [4.78, 5) is 0. The molecule has 0 aliphatic heterocycles. The van der Waals surface area contributed by atoms with E-state index in [1.807, 2.05) is 6.20 Å². The Morgan fingerprint density at radius 3 is 2.89 bits per heavy atom. The summed E-state index contributed by atoms with van der Waals surface area (Å²) in [5, 5.41) is 11.9. The zero-order valence-electron chi connectivity index (χ0n) is 12.1. The van der Waals surface area contributed by atoms with E-state index in [9.17, 15) is 0 Å². The summed E-state index contributed by atoms with van der Waals surface area (Å²) < 4.78 is 0. The van der Waals surface area contributed by atoms with Gasteiger partial charge in [-0.25, -0.2) is 0 Å². The highest BCUT2D eigenvalue weighted by molar-refractivity contribution is 5.90. The number of H-pyrrole nitrogens is 1. The Kier molecular flexibility index (Phi) is 5.25. The maximum atomic E-state index is 4.10. The van der Waals surface area contributed by atoms with Gasteiger partial charge in [0, 0.05) is 17.1 Å². The van der Waals surface area contributed by atoms with Crippen LogP contribution in [-0.2, 0) is 0 Å². The molecule has 2 rings (SSSR count). The summed E-state index contributed by atoms with van der Waals surface area (Å²) >= 11 is 0. The number of nitrogens with one attached hydrogen (secondary N) is 2. The molecule has 1 aromatic heterocycles. The van der Waals surface area contributed by atoms with Gasteiger partial charge in [-0.05, 0) is 25.5 Å². The fraction of sp³-hybridized carbons (Fsp3) is 0.562. The predicted molar refractivity (Wildman–Crippen MR) is 82.6 cm³/mol. The maximum absolute atomic E-state index is 4.10. The summed E-state index contributed by atoms with van der Waals surface area (Å²) in [7, 11) is 0. The Hall–Kier alpha value is -1.51. The third kappa shape index (κ3) is 3.98. The molecule has 0 saturated heterocycles. The molecule has 19 heavy (non-hydrogen) atoms. The number of hydrogen-bond donors (Lipinski definition) is 2. The first-order valence-corrected chi connectivity index (χ1v) is 7.50. The van der Waals surface area contributed by atoms with E-state index in [4.69, 9.17) is 0 Å². The van der Waals surface area contributed by atoms with Crippen molar-refractivity contribution in [2.75, 3.05) is 5.32 Å². The van der Waals surface area contributed by atoms with Gasteiger partial charge in [0.15, 0.2) is 0 Å². The van der Waals surface area contributed by atoms with Crippen LogP contribution in [0.3, 0.4) is 0 Å². The van der Waals surface area contributed by atoms with Crippen LogP contribution in [0.15, 0.2) is 24.4 Å². The zero-order valence-corrected chi connectivity index (χ0v) is 12.1. The SMILES string of the molecule is CCCCCCCC(C)Nc1cccc2[nH]ncc12. The monoisotopic (exact) mass is 259 g/mol. The molecule has 0 aliphatic rings. The Balaban J connectivity index is 1.81. The molecule has 0 saturated carbocycles. The largest absolute Gasteiger partial charge is 0.382 e. The Morgan fingerprint density at radius 1 is 1.21 bits per heavy atom. The Morgan fingerprint density at radius 2 is 2.05 bits per heavy atom. The van der Waals surface area contributed by atoms with E-state index in [0.29, 0.717) is 6.04 Å². The highest BCUT2D eigenvalue weighted by Gasteiger charge is 2.06. The lowest BCUT2D eigenvalue weighted by Gasteiger charge is -2.15. The third-order valence-corrected chi connectivity index (χ3v) is 3.63. The van der Waals surface area contributed by atoms with Crippen molar-refractivity contribution in [2.45, 2.75) is 58.4 Å². The number of aromatic amines is 1. The van der Waals surface area contributed by atoms with E-state index < -0.39 is 0 Å². The first-order valence-electron chi connectivity index (χ1n) is 7.50. The van der Waals surface area contributed by atoms with Crippen molar-refractivity contribution in [1.82, 2.24) is 10.2 Å². The van der Waals surface area contributed by atoms with E-state index >= 15 is 0 Å². The number of rotatable bonds is 8. The molecule has 0 radical (unpaired) electrons. The fourth-order valence-corrected chi connectivity index (χ4v) is 2.49. The lowest BCUT2D eigenvalue weighted by atomic mass is 10.1. The van der Waals surface area contributed by atoms with Crippen molar-refractivity contribution in [2.24, 2.45) is 0 Å². The molecule has 0 amide bonds. The predicted octanol–water partition coefficient (Wildman–Crippen LogP) is 4.72. The van der Waals surface area contributed by atoms with Crippen LogP contribution in [0, 0.1) is 0 Å². The lowest BCUT2D eigenvalue weighted by molar-refractivity contribution is 0.579. The zero-order chi connectivity index (χ0) is 13.5. The van der Waals surface area contributed by atoms with Crippen molar-refractivity contribution in [3.63, 3.8) is 0 Å². The van der Waals surface area contributed by atoms with Crippen LogP contribution in [0.2, 0.25) is 0 Å². The molecule has 0 aliphatic carbocycles. The number of anilines is 1. The lowest BCUT2D eigenvalue weighted by Crippen LogP contribution is -2.14. The van der Waals surface area contributed by atoms with Gasteiger partial charge in [0.25, 0.3) is 0 Å². The molecule has 1 heterocycles. The van der Waals surface area contributed by atoms with Gasteiger partial charge in [0.2, 0.25) is 0 Å². The topological polar surface area (TPSA) is 40.7 Å². The van der Waals surface area contributed by atoms with Gasteiger partial charge < -0.3 is 5.32 Å². The van der Waals surface area contributed by atoms with Gasteiger partial charge in [0.1, 0.15) is 0 Å². The van der Waals surface area contributed by atoms with Gasteiger partial charge >= 0.3 is 0 Å². The summed E-state index contributed by atoms with van der Waals surface area (Å²) in [6.45, 7) is 4.52.